The van der Waals surface area contributed by atoms with E-state index in [-0.39, 0.29) is 5.44 Å². The molecule has 0 fully saturated rings. The van der Waals surface area contributed by atoms with Crippen LogP contribution in [0.25, 0.3) is 0 Å². The minimum atomic E-state index is -0.159. The standard InChI is InChI=1S/C6H10OS/c1-3-5-7-6(8)4-2/h3-4,6,8H,1-2,5H2. The smallest absolute Gasteiger partial charge is 0.118 e. The molecule has 1 nitrogen and oxygen atoms in total. The third-order valence-electron chi connectivity index (χ3n) is 0.586. The molecular weight excluding hydrogens is 120 g/mol. The number of rotatable bonds is 4. The lowest BCUT2D eigenvalue weighted by Gasteiger charge is -2.02. The first kappa shape index (κ1) is 7.79. The van der Waals surface area contributed by atoms with Crippen molar-refractivity contribution in [2.45, 2.75) is 5.44 Å². The lowest BCUT2D eigenvalue weighted by atomic mass is 10.6. The molecule has 0 heterocycles. The lowest BCUT2D eigenvalue weighted by Crippen LogP contribution is -1.99. The summed E-state index contributed by atoms with van der Waals surface area (Å²) in [5, 5.41) is 0. The Morgan fingerprint density at radius 3 is 2.62 bits per heavy atom. The highest BCUT2D eigenvalue weighted by Gasteiger charge is 1.90. The van der Waals surface area contributed by atoms with Gasteiger partial charge in [-0.3, -0.25) is 0 Å². The van der Waals surface area contributed by atoms with Gasteiger partial charge in [0.15, 0.2) is 0 Å². The molecule has 0 aromatic carbocycles. The van der Waals surface area contributed by atoms with E-state index in [0.717, 1.165) is 0 Å². The van der Waals surface area contributed by atoms with Crippen molar-refractivity contribution in [1.29, 1.82) is 0 Å². The van der Waals surface area contributed by atoms with Crippen molar-refractivity contribution >= 4 is 12.6 Å². The fourth-order valence-electron chi connectivity index (χ4n) is 0.235. The van der Waals surface area contributed by atoms with Crippen molar-refractivity contribution in [3.05, 3.63) is 25.3 Å². The normalized spacial score (nSPS) is 12.6. The molecule has 2 heteroatoms. The first-order valence-electron chi connectivity index (χ1n) is 2.34. The highest BCUT2D eigenvalue weighted by atomic mass is 32.1. The first-order valence-corrected chi connectivity index (χ1v) is 2.86. The summed E-state index contributed by atoms with van der Waals surface area (Å²) < 4.78 is 4.97. The van der Waals surface area contributed by atoms with Crippen LogP contribution in [0.4, 0.5) is 0 Å². The number of ether oxygens (including phenoxy) is 1. The Labute approximate surface area is 55.5 Å². The van der Waals surface area contributed by atoms with Crippen molar-refractivity contribution in [2.24, 2.45) is 0 Å². The summed E-state index contributed by atoms with van der Waals surface area (Å²) in [5.41, 5.74) is -0.159. The molecule has 0 aliphatic rings. The van der Waals surface area contributed by atoms with Crippen molar-refractivity contribution in [3.63, 3.8) is 0 Å². The Bertz CT molecular complexity index is 80.6. The summed E-state index contributed by atoms with van der Waals surface area (Å²) in [6.45, 7) is 7.48. The number of hydrogen-bond acceptors (Lipinski definition) is 2. The van der Waals surface area contributed by atoms with Gasteiger partial charge in [-0.2, -0.15) is 0 Å². The van der Waals surface area contributed by atoms with Crippen LogP contribution in [0.5, 0.6) is 0 Å². The topological polar surface area (TPSA) is 9.23 Å². The van der Waals surface area contributed by atoms with Gasteiger partial charge in [-0.25, -0.2) is 0 Å². The fourth-order valence-corrected chi connectivity index (χ4v) is 0.321. The average molecular weight is 130 g/mol. The summed E-state index contributed by atoms with van der Waals surface area (Å²) in [6.07, 6.45) is 3.29. The van der Waals surface area contributed by atoms with Gasteiger partial charge in [0.1, 0.15) is 5.44 Å². The largest absolute Gasteiger partial charge is 0.360 e. The van der Waals surface area contributed by atoms with Gasteiger partial charge in [0, 0.05) is 0 Å². The van der Waals surface area contributed by atoms with Gasteiger partial charge in [0.25, 0.3) is 0 Å². The van der Waals surface area contributed by atoms with Crippen molar-refractivity contribution < 1.29 is 4.74 Å². The Balaban J connectivity index is 3.09. The van der Waals surface area contributed by atoms with Crippen LogP contribution in [0, 0.1) is 0 Å². The molecule has 46 valence electrons. The predicted molar refractivity (Wildman–Crippen MR) is 39.1 cm³/mol. The predicted octanol–water partition coefficient (Wildman–Crippen LogP) is 1.63. The zero-order chi connectivity index (χ0) is 6.41. The third kappa shape index (κ3) is 3.96. The molecule has 0 bridgehead atoms. The van der Waals surface area contributed by atoms with Gasteiger partial charge in [0.2, 0.25) is 0 Å². The maximum atomic E-state index is 4.97. The van der Waals surface area contributed by atoms with E-state index in [1.807, 2.05) is 0 Å². The Hall–Kier alpha value is -0.210. The second kappa shape index (κ2) is 4.94. The average Bonchev–Trinajstić information content (AvgIpc) is 1.83. The van der Waals surface area contributed by atoms with Crippen molar-refractivity contribution in [3.8, 4) is 0 Å². The van der Waals surface area contributed by atoms with Gasteiger partial charge in [-0.05, 0) is 0 Å². The molecule has 0 saturated heterocycles. The molecule has 0 aromatic rings. The van der Waals surface area contributed by atoms with E-state index in [1.165, 1.54) is 0 Å². The summed E-state index contributed by atoms with van der Waals surface area (Å²) in [5.74, 6) is 0. The molecule has 0 rings (SSSR count). The number of hydrogen-bond donors (Lipinski definition) is 1. The SMILES string of the molecule is C=CCOC(S)C=C. The minimum absolute atomic E-state index is 0.159. The monoisotopic (exact) mass is 130 g/mol. The van der Waals surface area contributed by atoms with Gasteiger partial charge >= 0.3 is 0 Å². The molecule has 0 N–H and O–H groups in total. The fraction of sp³-hybridized carbons (Fsp3) is 0.333. The zero-order valence-corrected chi connectivity index (χ0v) is 5.60. The second-order valence-electron chi connectivity index (χ2n) is 1.25. The molecule has 0 radical (unpaired) electrons. The molecule has 1 unspecified atom stereocenters. The Morgan fingerprint density at radius 2 is 2.25 bits per heavy atom. The van der Waals surface area contributed by atoms with E-state index in [2.05, 4.69) is 25.8 Å². The van der Waals surface area contributed by atoms with E-state index in [9.17, 15) is 0 Å². The second-order valence-corrected chi connectivity index (χ2v) is 1.76. The highest BCUT2D eigenvalue weighted by Crippen LogP contribution is 1.96. The minimum Gasteiger partial charge on any atom is -0.360 e. The third-order valence-corrected chi connectivity index (χ3v) is 0.946. The van der Waals surface area contributed by atoms with Crippen LogP contribution in [0.15, 0.2) is 25.3 Å². The van der Waals surface area contributed by atoms with E-state index in [4.69, 9.17) is 4.74 Å². The van der Waals surface area contributed by atoms with Crippen LogP contribution in [0.2, 0.25) is 0 Å². The van der Waals surface area contributed by atoms with Crippen molar-refractivity contribution in [1.82, 2.24) is 0 Å². The Morgan fingerprint density at radius 1 is 1.62 bits per heavy atom. The molecule has 1 atom stereocenters. The summed E-state index contributed by atoms with van der Waals surface area (Å²) in [4.78, 5) is 0. The molecule has 0 aromatic heterocycles. The van der Waals surface area contributed by atoms with Crippen LogP contribution < -0.4 is 0 Å². The molecule has 0 spiro atoms. The summed E-state index contributed by atoms with van der Waals surface area (Å²) in [6, 6.07) is 0. The lowest BCUT2D eigenvalue weighted by molar-refractivity contribution is 0.171. The van der Waals surface area contributed by atoms with Gasteiger partial charge in [0.05, 0.1) is 6.61 Å². The van der Waals surface area contributed by atoms with Crippen LogP contribution >= 0.6 is 12.6 Å². The first-order chi connectivity index (χ1) is 3.81. The zero-order valence-electron chi connectivity index (χ0n) is 4.71. The maximum Gasteiger partial charge on any atom is 0.118 e. The van der Waals surface area contributed by atoms with Crippen molar-refractivity contribution in [2.75, 3.05) is 6.61 Å². The van der Waals surface area contributed by atoms with Gasteiger partial charge in [-0.15, -0.1) is 19.2 Å². The quantitative estimate of drug-likeness (QED) is 0.346. The van der Waals surface area contributed by atoms with E-state index in [0.29, 0.717) is 6.61 Å². The number of thiol groups is 1. The van der Waals surface area contributed by atoms with Gasteiger partial charge < -0.3 is 4.74 Å². The van der Waals surface area contributed by atoms with E-state index in [1.54, 1.807) is 12.2 Å². The van der Waals surface area contributed by atoms with E-state index < -0.39 is 0 Å². The van der Waals surface area contributed by atoms with Crippen LogP contribution in [-0.2, 0) is 4.74 Å². The van der Waals surface area contributed by atoms with Crippen LogP contribution in [-0.4, -0.2) is 12.0 Å². The van der Waals surface area contributed by atoms with Gasteiger partial charge in [-0.1, -0.05) is 18.7 Å². The molecule has 0 amide bonds. The Kier molecular flexibility index (Phi) is 4.81. The summed E-state index contributed by atoms with van der Waals surface area (Å²) >= 11 is 3.98. The molecule has 0 aliphatic heterocycles. The summed E-state index contributed by atoms with van der Waals surface area (Å²) in [7, 11) is 0. The maximum absolute atomic E-state index is 4.97. The van der Waals surface area contributed by atoms with E-state index >= 15 is 0 Å². The highest BCUT2D eigenvalue weighted by molar-refractivity contribution is 7.80. The molecule has 0 aliphatic carbocycles. The molecule has 8 heavy (non-hydrogen) atoms. The van der Waals surface area contributed by atoms with Crippen LogP contribution in [0.3, 0.4) is 0 Å². The molecular formula is C6H10OS. The van der Waals surface area contributed by atoms with Crippen LogP contribution in [0.1, 0.15) is 0 Å². The molecule has 0 saturated carbocycles.